The molecule has 0 bridgehead atoms. The van der Waals surface area contributed by atoms with Gasteiger partial charge in [-0.15, -0.1) is 0 Å². The lowest BCUT2D eigenvalue weighted by atomic mass is 10.1. The summed E-state index contributed by atoms with van der Waals surface area (Å²) in [5.74, 6) is 0.707. The number of nitrogens with zero attached hydrogens (tertiary/aromatic N) is 1. The van der Waals surface area contributed by atoms with Crippen LogP contribution >= 0.6 is 0 Å². The van der Waals surface area contributed by atoms with E-state index in [-0.39, 0.29) is 0 Å². The lowest BCUT2D eigenvalue weighted by Gasteiger charge is -1.93. The molecule has 0 N–H and O–H groups in total. The van der Waals surface area contributed by atoms with E-state index in [1.165, 1.54) is 0 Å². The lowest BCUT2D eigenvalue weighted by Crippen LogP contribution is -1.82. The van der Waals surface area contributed by atoms with Crippen molar-refractivity contribution in [3.8, 4) is 0 Å². The van der Waals surface area contributed by atoms with Crippen molar-refractivity contribution in [2.75, 3.05) is 0 Å². The van der Waals surface area contributed by atoms with E-state index in [0.717, 1.165) is 35.7 Å². The zero-order valence-corrected chi connectivity index (χ0v) is 9.14. The first-order chi connectivity index (χ1) is 7.83. The lowest BCUT2D eigenvalue weighted by molar-refractivity contribution is -0.105. The molecule has 0 aliphatic rings. The van der Waals surface area contributed by atoms with Crippen LogP contribution in [0.1, 0.15) is 25.5 Å². The average molecular weight is 215 g/mol. The summed E-state index contributed by atoms with van der Waals surface area (Å²) in [4.78, 5) is 14.8. The van der Waals surface area contributed by atoms with Crippen LogP contribution in [-0.4, -0.2) is 11.3 Å². The number of hydrogen-bond donors (Lipinski definition) is 0. The Labute approximate surface area is 93.8 Å². The van der Waals surface area contributed by atoms with Gasteiger partial charge in [-0.05, 0) is 30.2 Å². The molecule has 0 atom stereocenters. The summed E-state index contributed by atoms with van der Waals surface area (Å²) in [7, 11) is 0. The highest BCUT2D eigenvalue weighted by molar-refractivity contribution is 5.84. The second-order valence-electron chi connectivity index (χ2n) is 3.65. The van der Waals surface area contributed by atoms with E-state index < -0.39 is 0 Å². The van der Waals surface area contributed by atoms with E-state index >= 15 is 0 Å². The maximum Gasteiger partial charge on any atom is 0.146 e. The minimum atomic E-state index is 0.707. The Morgan fingerprint density at radius 1 is 1.56 bits per heavy atom. The van der Waals surface area contributed by atoms with E-state index in [1.807, 2.05) is 19.1 Å². The molecule has 3 nitrogen and oxygen atoms in total. The summed E-state index contributed by atoms with van der Waals surface area (Å²) in [6.45, 7) is 2.04. The number of carbonyl (C=O) groups excluding carboxylic acids is 1. The summed E-state index contributed by atoms with van der Waals surface area (Å²) in [5.41, 5.74) is 1.55. The van der Waals surface area contributed by atoms with Gasteiger partial charge in [-0.2, -0.15) is 0 Å². The molecule has 16 heavy (non-hydrogen) atoms. The predicted molar refractivity (Wildman–Crippen MR) is 63.0 cm³/mol. The molecule has 0 amide bonds. The standard InChI is InChI=1S/C13H13NO2/c1-2-3-10(9-15)6-12-7-11-8-14-5-4-13(11)16-12/h4-9H,2-3H2,1H3/b10-6-. The molecule has 2 aromatic heterocycles. The third-order valence-electron chi connectivity index (χ3n) is 2.35. The molecule has 2 rings (SSSR count). The molecule has 0 saturated carbocycles. The van der Waals surface area contributed by atoms with E-state index in [2.05, 4.69) is 4.98 Å². The first-order valence-corrected chi connectivity index (χ1v) is 5.33. The number of pyridine rings is 1. The van der Waals surface area contributed by atoms with Crippen LogP contribution in [0.15, 0.2) is 34.5 Å². The van der Waals surface area contributed by atoms with Crippen molar-refractivity contribution in [2.45, 2.75) is 19.8 Å². The van der Waals surface area contributed by atoms with E-state index in [9.17, 15) is 4.79 Å². The third-order valence-corrected chi connectivity index (χ3v) is 2.35. The third kappa shape index (κ3) is 2.19. The minimum Gasteiger partial charge on any atom is -0.457 e. The maximum absolute atomic E-state index is 10.8. The van der Waals surface area contributed by atoms with Gasteiger partial charge in [0.1, 0.15) is 17.6 Å². The topological polar surface area (TPSA) is 43.1 Å². The molecule has 2 aromatic rings. The molecule has 82 valence electrons. The second kappa shape index (κ2) is 4.75. The summed E-state index contributed by atoms with van der Waals surface area (Å²) in [6.07, 6.45) is 7.83. The zero-order valence-electron chi connectivity index (χ0n) is 9.14. The fraction of sp³-hybridized carbons (Fsp3) is 0.231. The SMILES string of the molecule is CCC/C(C=O)=C/c1cc2cnccc2o1. The molecule has 0 aliphatic carbocycles. The van der Waals surface area contributed by atoms with Crippen LogP contribution in [-0.2, 0) is 4.79 Å². The molecule has 2 heterocycles. The number of aromatic nitrogens is 1. The van der Waals surface area contributed by atoms with Gasteiger partial charge < -0.3 is 4.42 Å². The normalized spacial score (nSPS) is 11.9. The quantitative estimate of drug-likeness (QED) is 0.581. The number of allylic oxidation sites excluding steroid dienone is 1. The molecule has 0 radical (unpaired) electrons. The van der Waals surface area contributed by atoms with Gasteiger partial charge in [-0.1, -0.05) is 13.3 Å². The summed E-state index contributed by atoms with van der Waals surface area (Å²) < 4.78 is 5.57. The van der Waals surface area contributed by atoms with Gasteiger partial charge in [0.25, 0.3) is 0 Å². The molecule has 0 unspecified atom stereocenters. The van der Waals surface area contributed by atoms with Crippen molar-refractivity contribution in [1.82, 2.24) is 4.98 Å². The maximum atomic E-state index is 10.8. The van der Waals surface area contributed by atoms with E-state index in [4.69, 9.17) is 4.42 Å². The van der Waals surface area contributed by atoms with E-state index in [0.29, 0.717) is 5.76 Å². The Bertz CT molecular complexity index is 492. The molecule has 0 spiro atoms. The monoisotopic (exact) mass is 215 g/mol. The Morgan fingerprint density at radius 3 is 3.12 bits per heavy atom. The van der Waals surface area contributed by atoms with Crippen molar-refractivity contribution < 1.29 is 9.21 Å². The Morgan fingerprint density at radius 2 is 2.44 bits per heavy atom. The fourth-order valence-electron chi connectivity index (χ4n) is 1.61. The van der Waals surface area contributed by atoms with Gasteiger partial charge in [0.05, 0.1) is 0 Å². The average Bonchev–Trinajstić information content (AvgIpc) is 2.70. The van der Waals surface area contributed by atoms with Crippen LogP contribution in [0.3, 0.4) is 0 Å². The van der Waals surface area contributed by atoms with Crippen molar-refractivity contribution in [3.63, 3.8) is 0 Å². The van der Waals surface area contributed by atoms with Crippen molar-refractivity contribution in [1.29, 1.82) is 0 Å². The van der Waals surface area contributed by atoms with E-state index in [1.54, 1.807) is 18.5 Å². The summed E-state index contributed by atoms with van der Waals surface area (Å²) in [6, 6.07) is 3.70. The number of fused-ring (bicyclic) bond motifs is 1. The van der Waals surface area contributed by atoms with Gasteiger partial charge in [0.2, 0.25) is 0 Å². The number of hydrogen-bond acceptors (Lipinski definition) is 3. The van der Waals surface area contributed by atoms with Crippen molar-refractivity contribution >= 4 is 23.3 Å². The zero-order chi connectivity index (χ0) is 11.4. The van der Waals surface area contributed by atoms with Crippen molar-refractivity contribution in [3.05, 3.63) is 35.9 Å². The summed E-state index contributed by atoms with van der Waals surface area (Å²) >= 11 is 0. The molecule has 0 aromatic carbocycles. The highest BCUT2D eigenvalue weighted by atomic mass is 16.3. The minimum absolute atomic E-state index is 0.707. The highest BCUT2D eigenvalue weighted by Gasteiger charge is 2.02. The van der Waals surface area contributed by atoms with Gasteiger partial charge >= 0.3 is 0 Å². The first-order valence-electron chi connectivity index (χ1n) is 5.33. The molecule has 0 saturated heterocycles. The van der Waals surface area contributed by atoms with Crippen molar-refractivity contribution in [2.24, 2.45) is 0 Å². The van der Waals surface area contributed by atoms with Crippen LogP contribution in [0, 0.1) is 0 Å². The number of rotatable bonds is 4. The molecule has 0 fully saturated rings. The first kappa shape index (κ1) is 10.6. The highest BCUT2D eigenvalue weighted by Crippen LogP contribution is 2.20. The number of furan rings is 1. The Hall–Kier alpha value is -1.90. The second-order valence-corrected chi connectivity index (χ2v) is 3.65. The molecular weight excluding hydrogens is 202 g/mol. The fourth-order valence-corrected chi connectivity index (χ4v) is 1.61. The van der Waals surface area contributed by atoms with Gasteiger partial charge in [-0.3, -0.25) is 9.78 Å². The van der Waals surface area contributed by atoms with Crippen LogP contribution in [0.5, 0.6) is 0 Å². The van der Waals surface area contributed by atoms with Gasteiger partial charge in [-0.25, -0.2) is 0 Å². The predicted octanol–water partition coefficient (Wildman–Crippen LogP) is 3.21. The summed E-state index contributed by atoms with van der Waals surface area (Å²) in [5, 5.41) is 0.954. The van der Waals surface area contributed by atoms with Gasteiger partial charge in [0.15, 0.2) is 0 Å². The number of aldehydes is 1. The Kier molecular flexibility index (Phi) is 3.15. The van der Waals surface area contributed by atoms with Crippen LogP contribution in [0.4, 0.5) is 0 Å². The molecule has 0 aliphatic heterocycles. The molecule has 3 heteroatoms. The Balaban J connectivity index is 2.36. The van der Waals surface area contributed by atoms with Crippen LogP contribution in [0.2, 0.25) is 0 Å². The van der Waals surface area contributed by atoms with Crippen LogP contribution < -0.4 is 0 Å². The largest absolute Gasteiger partial charge is 0.457 e. The van der Waals surface area contributed by atoms with Gasteiger partial charge in [0, 0.05) is 17.8 Å². The molecular formula is C13H13NO2. The van der Waals surface area contributed by atoms with Crippen LogP contribution in [0.25, 0.3) is 17.0 Å². The smallest absolute Gasteiger partial charge is 0.146 e. The number of carbonyl (C=O) groups is 1.